The Hall–Kier alpha value is -0.960. The van der Waals surface area contributed by atoms with E-state index in [0.717, 1.165) is 19.3 Å². The minimum absolute atomic E-state index is 0.919. The second kappa shape index (κ2) is 11.1. The molecule has 0 N–H and O–H groups in total. The van der Waals surface area contributed by atoms with Crippen molar-refractivity contribution in [2.24, 2.45) is 0 Å². The molecule has 0 aromatic rings. The number of allylic oxidation sites excluding steroid dienone is 3. The summed E-state index contributed by atoms with van der Waals surface area (Å²) in [7, 11) is 0. The maximum atomic E-state index is 3.76. The van der Waals surface area contributed by atoms with Crippen LogP contribution < -0.4 is 0 Å². The predicted molar refractivity (Wildman–Crippen MR) is 69.7 cm³/mol. The fourth-order valence-corrected chi connectivity index (χ4v) is 1.26. The van der Waals surface area contributed by atoms with E-state index in [2.05, 4.69) is 38.3 Å². The predicted octanol–water partition coefficient (Wildman–Crippen LogP) is 4.87. The van der Waals surface area contributed by atoms with Crippen LogP contribution in [0, 0.1) is 11.8 Å². The summed E-state index contributed by atoms with van der Waals surface area (Å²) in [6, 6.07) is 0. The Morgan fingerprint density at radius 3 is 2.53 bits per heavy atom. The van der Waals surface area contributed by atoms with Crippen molar-refractivity contribution in [3.8, 4) is 11.8 Å². The third kappa shape index (κ3) is 9.35. The minimum Gasteiger partial charge on any atom is -0.103 e. The molecule has 84 valence electrons. The second-order valence-electron chi connectivity index (χ2n) is 3.77. The lowest BCUT2D eigenvalue weighted by Crippen LogP contribution is -1.78. The summed E-state index contributed by atoms with van der Waals surface area (Å²) >= 11 is 0. The van der Waals surface area contributed by atoms with Gasteiger partial charge in [-0.15, -0.1) is 6.58 Å². The molecular formula is C15H24. The second-order valence-corrected chi connectivity index (χ2v) is 3.77. The van der Waals surface area contributed by atoms with Crippen molar-refractivity contribution in [1.29, 1.82) is 0 Å². The van der Waals surface area contributed by atoms with Gasteiger partial charge in [0.05, 0.1) is 0 Å². The maximum Gasteiger partial charge on any atom is 0.00922 e. The van der Waals surface area contributed by atoms with Crippen molar-refractivity contribution >= 4 is 0 Å². The van der Waals surface area contributed by atoms with Gasteiger partial charge in [0, 0.05) is 12.0 Å². The largest absolute Gasteiger partial charge is 0.103 e. The van der Waals surface area contributed by atoms with E-state index in [1.807, 2.05) is 6.08 Å². The van der Waals surface area contributed by atoms with Crippen LogP contribution in [-0.2, 0) is 0 Å². The Balaban J connectivity index is 4.04. The zero-order valence-corrected chi connectivity index (χ0v) is 10.3. The summed E-state index contributed by atoms with van der Waals surface area (Å²) in [5.41, 5.74) is 1.24. The topological polar surface area (TPSA) is 0 Å². The van der Waals surface area contributed by atoms with Crippen LogP contribution in [0.15, 0.2) is 24.3 Å². The molecule has 0 aliphatic rings. The summed E-state index contributed by atoms with van der Waals surface area (Å²) in [6.07, 6.45) is 12.3. The standard InChI is InChI=1S/C15H24/c1-4-7-9-11-14-15(12-6-3)13-10-8-5-2/h6,13H,3-5,7-10,12H2,1-2H3. The van der Waals surface area contributed by atoms with E-state index in [0.29, 0.717) is 0 Å². The van der Waals surface area contributed by atoms with Crippen LogP contribution in [0.1, 0.15) is 58.8 Å². The van der Waals surface area contributed by atoms with Gasteiger partial charge in [0.15, 0.2) is 0 Å². The molecule has 0 aromatic carbocycles. The molecule has 0 saturated carbocycles. The molecule has 0 aliphatic carbocycles. The number of hydrogen-bond acceptors (Lipinski definition) is 0. The van der Waals surface area contributed by atoms with Crippen molar-refractivity contribution in [2.45, 2.75) is 58.8 Å². The monoisotopic (exact) mass is 204 g/mol. The number of rotatable bonds is 7. The first-order chi connectivity index (χ1) is 7.35. The lowest BCUT2D eigenvalue weighted by Gasteiger charge is -1.95. The Labute approximate surface area is 95.5 Å². The van der Waals surface area contributed by atoms with E-state index >= 15 is 0 Å². The molecule has 0 aromatic heterocycles. The lowest BCUT2D eigenvalue weighted by atomic mass is 10.1. The Bertz CT molecular complexity index is 234. The fraction of sp³-hybridized carbons (Fsp3) is 0.600. The first-order valence-corrected chi connectivity index (χ1v) is 6.13. The number of hydrogen-bond donors (Lipinski definition) is 0. The SMILES string of the molecule is C=CCC(C#CCCCC)=CCCCC. The highest BCUT2D eigenvalue weighted by molar-refractivity contribution is 5.30. The Morgan fingerprint density at radius 1 is 1.20 bits per heavy atom. The van der Waals surface area contributed by atoms with Crippen LogP contribution in [0.3, 0.4) is 0 Å². The third-order valence-electron chi connectivity index (χ3n) is 2.22. The van der Waals surface area contributed by atoms with Gasteiger partial charge < -0.3 is 0 Å². The van der Waals surface area contributed by atoms with Crippen molar-refractivity contribution in [1.82, 2.24) is 0 Å². The molecule has 0 atom stereocenters. The van der Waals surface area contributed by atoms with Crippen LogP contribution >= 0.6 is 0 Å². The maximum absolute atomic E-state index is 3.76. The molecule has 0 amide bonds. The Morgan fingerprint density at radius 2 is 1.93 bits per heavy atom. The van der Waals surface area contributed by atoms with Gasteiger partial charge in [0.2, 0.25) is 0 Å². The van der Waals surface area contributed by atoms with Gasteiger partial charge in [0.1, 0.15) is 0 Å². The zero-order valence-electron chi connectivity index (χ0n) is 10.3. The van der Waals surface area contributed by atoms with E-state index in [1.54, 1.807) is 0 Å². The van der Waals surface area contributed by atoms with Crippen LogP contribution in [0.4, 0.5) is 0 Å². The first-order valence-electron chi connectivity index (χ1n) is 6.13. The molecule has 0 fully saturated rings. The molecule has 15 heavy (non-hydrogen) atoms. The third-order valence-corrected chi connectivity index (χ3v) is 2.22. The highest BCUT2D eigenvalue weighted by Crippen LogP contribution is 2.05. The summed E-state index contributed by atoms with van der Waals surface area (Å²) in [5, 5.41) is 0. The van der Waals surface area contributed by atoms with Gasteiger partial charge in [-0.05, 0) is 19.3 Å². The fourth-order valence-electron chi connectivity index (χ4n) is 1.26. The highest BCUT2D eigenvalue weighted by Gasteiger charge is 1.88. The van der Waals surface area contributed by atoms with Crippen molar-refractivity contribution in [3.05, 3.63) is 24.3 Å². The van der Waals surface area contributed by atoms with E-state index in [9.17, 15) is 0 Å². The molecule has 0 unspecified atom stereocenters. The number of unbranched alkanes of at least 4 members (excludes halogenated alkanes) is 4. The van der Waals surface area contributed by atoms with Gasteiger partial charge in [-0.3, -0.25) is 0 Å². The highest BCUT2D eigenvalue weighted by atomic mass is 13.9. The van der Waals surface area contributed by atoms with Crippen LogP contribution in [0.5, 0.6) is 0 Å². The minimum atomic E-state index is 0.919. The molecule has 0 saturated heterocycles. The average molecular weight is 204 g/mol. The summed E-state index contributed by atoms with van der Waals surface area (Å²) in [5.74, 6) is 6.49. The van der Waals surface area contributed by atoms with E-state index < -0.39 is 0 Å². The molecular weight excluding hydrogens is 180 g/mol. The van der Waals surface area contributed by atoms with Gasteiger partial charge in [-0.2, -0.15) is 0 Å². The summed E-state index contributed by atoms with van der Waals surface area (Å²) < 4.78 is 0. The molecule has 0 nitrogen and oxygen atoms in total. The summed E-state index contributed by atoms with van der Waals surface area (Å²) in [6.45, 7) is 8.18. The molecule has 0 aliphatic heterocycles. The lowest BCUT2D eigenvalue weighted by molar-refractivity contribution is 0.811. The molecule has 0 rings (SSSR count). The van der Waals surface area contributed by atoms with E-state index in [-0.39, 0.29) is 0 Å². The van der Waals surface area contributed by atoms with Crippen LogP contribution in [0.25, 0.3) is 0 Å². The van der Waals surface area contributed by atoms with E-state index in [1.165, 1.54) is 31.3 Å². The quantitative estimate of drug-likeness (QED) is 0.315. The molecule has 0 heterocycles. The van der Waals surface area contributed by atoms with Crippen molar-refractivity contribution in [2.75, 3.05) is 0 Å². The smallest absolute Gasteiger partial charge is 0.00922 e. The Kier molecular flexibility index (Phi) is 10.4. The van der Waals surface area contributed by atoms with Crippen LogP contribution in [0.2, 0.25) is 0 Å². The van der Waals surface area contributed by atoms with Gasteiger partial charge in [-0.1, -0.05) is 57.1 Å². The first kappa shape index (κ1) is 14.0. The van der Waals surface area contributed by atoms with Gasteiger partial charge >= 0.3 is 0 Å². The van der Waals surface area contributed by atoms with Gasteiger partial charge in [-0.25, -0.2) is 0 Å². The van der Waals surface area contributed by atoms with Crippen molar-refractivity contribution in [3.63, 3.8) is 0 Å². The summed E-state index contributed by atoms with van der Waals surface area (Å²) in [4.78, 5) is 0. The average Bonchev–Trinajstić information content (AvgIpc) is 2.24. The normalized spacial score (nSPS) is 10.7. The molecule has 0 radical (unpaired) electrons. The van der Waals surface area contributed by atoms with Crippen molar-refractivity contribution < 1.29 is 0 Å². The van der Waals surface area contributed by atoms with E-state index in [4.69, 9.17) is 0 Å². The van der Waals surface area contributed by atoms with Gasteiger partial charge in [0.25, 0.3) is 0 Å². The molecule has 0 heteroatoms. The molecule has 0 spiro atoms. The zero-order chi connectivity index (χ0) is 11.4. The van der Waals surface area contributed by atoms with Crippen LogP contribution in [-0.4, -0.2) is 0 Å². The molecule has 0 bridgehead atoms.